The maximum Gasteiger partial charge on any atom is 0.244 e. The number of rotatable bonds is 4. The molecule has 1 atom stereocenters. The Morgan fingerprint density at radius 1 is 1.26 bits per heavy atom. The van der Waals surface area contributed by atoms with E-state index in [1.165, 1.54) is 30.0 Å². The van der Waals surface area contributed by atoms with Crippen molar-refractivity contribution in [1.82, 2.24) is 10.2 Å². The van der Waals surface area contributed by atoms with Gasteiger partial charge >= 0.3 is 0 Å². The van der Waals surface area contributed by atoms with E-state index in [0.717, 1.165) is 0 Å². The van der Waals surface area contributed by atoms with Crippen LogP contribution in [0.2, 0.25) is 0 Å². The summed E-state index contributed by atoms with van der Waals surface area (Å²) in [5.41, 5.74) is 0.258. The predicted molar refractivity (Wildman–Crippen MR) is 82.9 cm³/mol. The molecule has 2 rings (SSSR count). The van der Waals surface area contributed by atoms with Crippen LogP contribution in [0.1, 0.15) is 12.5 Å². The second-order valence-electron chi connectivity index (χ2n) is 5.53. The minimum atomic E-state index is -3.07. The Morgan fingerprint density at radius 2 is 1.87 bits per heavy atom. The van der Waals surface area contributed by atoms with Crippen LogP contribution in [0.25, 0.3) is 0 Å². The first-order valence-electron chi connectivity index (χ1n) is 7.30. The largest absolute Gasteiger partial charge is 0.344 e. The number of hydrogen-bond donors (Lipinski definition) is 1. The van der Waals surface area contributed by atoms with Gasteiger partial charge in [0.25, 0.3) is 0 Å². The maximum absolute atomic E-state index is 13.5. The molecule has 1 aromatic rings. The van der Waals surface area contributed by atoms with Crippen LogP contribution in [-0.4, -0.2) is 55.8 Å². The summed E-state index contributed by atoms with van der Waals surface area (Å²) < 4.78 is 36.2. The average Bonchev–Trinajstić information content (AvgIpc) is 2.49. The van der Waals surface area contributed by atoms with E-state index in [9.17, 15) is 22.4 Å². The number of sulfone groups is 1. The summed E-state index contributed by atoms with van der Waals surface area (Å²) in [4.78, 5) is 25.6. The Labute approximate surface area is 134 Å². The van der Waals surface area contributed by atoms with Crippen LogP contribution in [0.3, 0.4) is 0 Å². The van der Waals surface area contributed by atoms with Crippen molar-refractivity contribution < 1.29 is 22.4 Å². The van der Waals surface area contributed by atoms with E-state index in [1.54, 1.807) is 6.07 Å². The number of carbonyl (C=O) groups excluding carboxylic acids is 2. The zero-order valence-electron chi connectivity index (χ0n) is 12.8. The minimum Gasteiger partial charge on any atom is -0.344 e. The molecule has 1 saturated heterocycles. The third kappa shape index (κ3) is 4.75. The molecule has 6 nitrogen and oxygen atoms in total. The van der Waals surface area contributed by atoms with Crippen LogP contribution in [0.4, 0.5) is 4.39 Å². The SMILES string of the molecule is C[C@@H](NC(=O)Cc1ccccc1F)C(=O)N1CCS(=O)(=O)CC1. The van der Waals surface area contributed by atoms with E-state index in [1.807, 2.05) is 0 Å². The molecule has 1 heterocycles. The fourth-order valence-corrected chi connectivity index (χ4v) is 3.58. The fourth-order valence-electron chi connectivity index (χ4n) is 2.38. The summed E-state index contributed by atoms with van der Waals surface area (Å²) in [7, 11) is -3.07. The third-order valence-corrected chi connectivity index (χ3v) is 5.32. The van der Waals surface area contributed by atoms with E-state index in [-0.39, 0.29) is 42.5 Å². The van der Waals surface area contributed by atoms with Gasteiger partial charge in [0, 0.05) is 13.1 Å². The lowest BCUT2D eigenvalue weighted by Crippen LogP contribution is -2.51. The van der Waals surface area contributed by atoms with E-state index in [4.69, 9.17) is 0 Å². The van der Waals surface area contributed by atoms with Gasteiger partial charge in [-0.05, 0) is 18.6 Å². The zero-order valence-corrected chi connectivity index (χ0v) is 13.6. The molecule has 0 aromatic heterocycles. The number of nitrogens with one attached hydrogen (secondary N) is 1. The molecule has 126 valence electrons. The first-order valence-corrected chi connectivity index (χ1v) is 9.12. The Bertz CT molecular complexity index is 691. The summed E-state index contributed by atoms with van der Waals surface area (Å²) in [6, 6.07) is 5.17. The van der Waals surface area contributed by atoms with Crippen molar-refractivity contribution in [3.05, 3.63) is 35.6 Å². The molecule has 2 amide bonds. The topological polar surface area (TPSA) is 83.6 Å². The lowest BCUT2D eigenvalue weighted by Gasteiger charge is -2.29. The second kappa shape index (κ2) is 7.08. The highest BCUT2D eigenvalue weighted by atomic mass is 32.2. The van der Waals surface area contributed by atoms with Gasteiger partial charge in [0.1, 0.15) is 11.9 Å². The number of benzene rings is 1. The molecule has 1 aromatic carbocycles. The zero-order chi connectivity index (χ0) is 17.0. The Morgan fingerprint density at radius 3 is 2.48 bits per heavy atom. The van der Waals surface area contributed by atoms with E-state index in [0.29, 0.717) is 0 Å². The Balaban J connectivity index is 1.88. The number of hydrogen-bond acceptors (Lipinski definition) is 4. The molecule has 0 saturated carbocycles. The van der Waals surface area contributed by atoms with Crippen LogP contribution in [0, 0.1) is 5.82 Å². The number of halogens is 1. The van der Waals surface area contributed by atoms with Crippen molar-refractivity contribution in [3.63, 3.8) is 0 Å². The van der Waals surface area contributed by atoms with Gasteiger partial charge in [-0.3, -0.25) is 9.59 Å². The van der Waals surface area contributed by atoms with Gasteiger partial charge in [-0.25, -0.2) is 12.8 Å². The van der Waals surface area contributed by atoms with Gasteiger partial charge in [0.2, 0.25) is 11.8 Å². The Hall–Kier alpha value is -1.96. The summed E-state index contributed by atoms with van der Waals surface area (Å²) in [5.74, 6) is -1.38. The van der Waals surface area contributed by atoms with Crippen molar-refractivity contribution in [1.29, 1.82) is 0 Å². The molecule has 1 aliphatic rings. The number of carbonyl (C=O) groups is 2. The third-order valence-electron chi connectivity index (χ3n) is 3.71. The molecule has 1 aliphatic heterocycles. The quantitative estimate of drug-likeness (QED) is 0.843. The van der Waals surface area contributed by atoms with Crippen molar-refractivity contribution in [2.45, 2.75) is 19.4 Å². The maximum atomic E-state index is 13.5. The number of nitrogens with zero attached hydrogens (tertiary/aromatic N) is 1. The van der Waals surface area contributed by atoms with Crippen molar-refractivity contribution in [2.75, 3.05) is 24.6 Å². The molecule has 1 N–H and O–H groups in total. The lowest BCUT2D eigenvalue weighted by atomic mass is 10.1. The van der Waals surface area contributed by atoms with Crippen LogP contribution in [0.15, 0.2) is 24.3 Å². The number of amides is 2. The Kier molecular flexibility index (Phi) is 5.35. The average molecular weight is 342 g/mol. The molecule has 1 fully saturated rings. The van der Waals surface area contributed by atoms with Gasteiger partial charge < -0.3 is 10.2 Å². The highest BCUT2D eigenvalue weighted by molar-refractivity contribution is 7.91. The summed E-state index contributed by atoms with van der Waals surface area (Å²) in [6.07, 6.45) is -0.154. The highest BCUT2D eigenvalue weighted by Gasteiger charge is 2.28. The first kappa shape index (κ1) is 17.4. The van der Waals surface area contributed by atoms with Crippen LogP contribution >= 0.6 is 0 Å². The van der Waals surface area contributed by atoms with E-state index in [2.05, 4.69) is 5.32 Å². The predicted octanol–water partition coefficient (Wildman–Crippen LogP) is 0.130. The van der Waals surface area contributed by atoms with Crippen LogP contribution < -0.4 is 5.32 Å². The fraction of sp³-hybridized carbons (Fsp3) is 0.467. The van der Waals surface area contributed by atoms with Gasteiger partial charge in [-0.1, -0.05) is 18.2 Å². The molecule has 0 spiro atoms. The van der Waals surface area contributed by atoms with Crippen molar-refractivity contribution in [2.24, 2.45) is 0 Å². The van der Waals surface area contributed by atoms with E-state index < -0.39 is 27.6 Å². The normalized spacial score (nSPS) is 18.3. The molecule has 8 heteroatoms. The minimum absolute atomic E-state index is 0.0609. The molecule has 0 unspecified atom stereocenters. The molecule has 0 radical (unpaired) electrons. The van der Waals surface area contributed by atoms with Gasteiger partial charge in [0.15, 0.2) is 9.84 Å². The van der Waals surface area contributed by atoms with Crippen LogP contribution in [0.5, 0.6) is 0 Å². The first-order chi connectivity index (χ1) is 10.8. The molecular weight excluding hydrogens is 323 g/mol. The second-order valence-corrected chi connectivity index (χ2v) is 7.84. The lowest BCUT2D eigenvalue weighted by molar-refractivity contribution is -0.135. The van der Waals surface area contributed by atoms with Crippen molar-refractivity contribution >= 4 is 21.7 Å². The van der Waals surface area contributed by atoms with Gasteiger partial charge in [0.05, 0.1) is 17.9 Å². The molecular formula is C15H19FN2O4S. The standard InChI is InChI=1S/C15H19FN2O4S/c1-11(15(20)18-6-8-23(21,22)9-7-18)17-14(19)10-12-4-2-3-5-13(12)16/h2-5,11H,6-10H2,1H3,(H,17,19)/t11-/m1/s1. The summed E-state index contributed by atoms with van der Waals surface area (Å²) >= 11 is 0. The smallest absolute Gasteiger partial charge is 0.244 e. The van der Waals surface area contributed by atoms with Gasteiger partial charge in [-0.15, -0.1) is 0 Å². The molecule has 0 bridgehead atoms. The highest BCUT2D eigenvalue weighted by Crippen LogP contribution is 2.08. The summed E-state index contributed by atoms with van der Waals surface area (Å²) in [6.45, 7) is 1.80. The van der Waals surface area contributed by atoms with E-state index >= 15 is 0 Å². The molecule has 23 heavy (non-hydrogen) atoms. The monoisotopic (exact) mass is 342 g/mol. The van der Waals surface area contributed by atoms with Gasteiger partial charge in [-0.2, -0.15) is 0 Å². The molecule has 0 aliphatic carbocycles. The van der Waals surface area contributed by atoms with Crippen LogP contribution in [-0.2, 0) is 25.8 Å². The van der Waals surface area contributed by atoms with Crippen molar-refractivity contribution in [3.8, 4) is 0 Å². The summed E-state index contributed by atoms with van der Waals surface area (Å²) in [5, 5.41) is 2.53.